The molecule has 2 aliphatic heterocycles. The van der Waals surface area contributed by atoms with Crippen molar-refractivity contribution < 1.29 is 9.53 Å². The van der Waals surface area contributed by atoms with Gasteiger partial charge in [-0.15, -0.1) is 36.2 Å². The van der Waals surface area contributed by atoms with Crippen LogP contribution in [0.15, 0.2) is 5.38 Å². The Hall–Kier alpha value is -0.440. The molecule has 138 valence electrons. The number of ether oxygens (including phenoxy) is 1. The monoisotopic (exact) mass is 396 g/mol. The first-order valence-electron chi connectivity index (χ1n) is 8.02. The standard InChI is InChI=1S/C15H24N4O2S.2ClH/c1-2-14-17-12(11-22-14)9-18-4-6-19(7-5-18)15(20)13-10-21-8-3-16-13;;/h11,13,16H,2-10H2,1H3;2*1H. The summed E-state index contributed by atoms with van der Waals surface area (Å²) in [6.07, 6.45) is 1.00. The van der Waals surface area contributed by atoms with Gasteiger partial charge in [-0.2, -0.15) is 0 Å². The van der Waals surface area contributed by atoms with E-state index in [0.717, 1.165) is 51.4 Å². The molecule has 1 aromatic heterocycles. The first-order valence-corrected chi connectivity index (χ1v) is 8.89. The topological polar surface area (TPSA) is 57.7 Å². The summed E-state index contributed by atoms with van der Waals surface area (Å²) < 4.78 is 5.38. The zero-order valence-corrected chi connectivity index (χ0v) is 16.4. The van der Waals surface area contributed by atoms with Gasteiger partial charge in [-0.3, -0.25) is 9.69 Å². The number of carbonyl (C=O) groups is 1. The number of carbonyl (C=O) groups excluding carboxylic acids is 1. The van der Waals surface area contributed by atoms with E-state index in [4.69, 9.17) is 4.74 Å². The van der Waals surface area contributed by atoms with Crippen molar-refractivity contribution in [1.82, 2.24) is 20.1 Å². The van der Waals surface area contributed by atoms with Gasteiger partial charge in [0, 0.05) is 44.6 Å². The van der Waals surface area contributed by atoms with Crippen LogP contribution in [-0.4, -0.2) is 72.7 Å². The van der Waals surface area contributed by atoms with Gasteiger partial charge in [-0.1, -0.05) is 6.92 Å². The third-order valence-electron chi connectivity index (χ3n) is 4.19. The van der Waals surface area contributed by atoms with Crippen molar-refractivity contribution in [2.45, 2.75) is 25.9 Å². The Bertz CT molecular complexity index is 503. The average Bonchev–Trinajstić information content (AvgIpc) is 3.03. The van der Waals surface area contributed by atoms with E-state index in [-0.39, 0.29) is 36.8 Å². The van der Waals surface area contributed by atoms with Crippen LogP contribution in [0.2, 0.25) is 0 Å². The molecule has 0 saturated carbocycles. The van der Waals surface area contributed by atoms with E-state index in [1.807, 2.05) is 4.90 Å². The fourth-order valence-electron chi connectivity index (χ4n) is 2.88. The fraction of sp³-hybridized carbons (Fsp3) is 0.733. The van der Waals surface area contributed by atoms with Crippen LogP contribution in [0, 0.1) is 0 Å². The molecular weight excluding hydrogens is 371 g/mol. The van der Waals surface area contributed by atoms with Gasteiger partial charge >= 0.3 is 0 Å². The number of thiazole rings is 1. The maximum atomic E-state index is 12.4. The quantitative estimate of drug-likeness (QED) is 0.827. The molecule has 2 aliphatic rings. The lowest BCUT2D eigenvalue weighted by Crippen LogP contribution is -2.57. The Morgan fingerprint density at radius 3 is 2.71 bits per heavy atom. The van der Waals surface area contributed by atoms with E-state index < -0.39 is 0 Å². The number of nitrogens with zero attached hydrogens (tertiary/aromatic N) is 3. The molecule has 1 atom stereocenters. The van der Waals surface area contributed by atoms with Crippen molar-refractivity contribution in [3.8, 4) is 0 Å². The second-order valence-electron chi connectivity index (χ2n) is 5.77. The highest BCUT2D eigenvalue weighted by atomic mass is 35.5. The Labute approximate surface area is 159 Å². The van der Waals surface area contributed by atoms with Crippen molar-refractivity contribution in [2.75, 3.05) is 45.9 Å². The Morgan fingerprint density at radius 2 is 2.12 bits per heavy atom. The van der Waals surface area contributed by atoms with Crippen LogP contribution in [0.25, 0.3) is 0 Å². The first-order chi connectivity index (χ1) is 10.8. The summed E-state index contributed by atoms with van der Waals surface area (Å²) in [4.78, 5) is 21.4. The predicted octanol–water partition coefficient (Wildman–Crippen LogP) is 1.18. The zero-order valence-electron chi connectivity index (χ0n) is 13.9. The minimum atomic E-state index is -0.161. The smallest absolute Gasteiger partial charge is 0.242 e. The largest absolute Gasteiger partial charge is 0.378 e. The summed E-state index contributed by atoms with van der Waals surface area (Å²) in [5.74, 6) is 0.182. The van der Waals surface area contributed by atoms with Gasteiger partial charge in [-0.25, -0.2) is 4.98 Å². The maximum absolute atomic E-state index is 12.4. The lowest BCUT2D eigenvalue weighted by atomic mass is 10.2. The fourth-order valence-corrected chi connectivity index (χ4v) is 3.62. The van der Waals surface area contributed by atoms with E-state index in [9.17, 15) is 4.79 Å². The average molecular weight is 397 g/mol. The van der Waals surface area contributed by atoms with E-state index in [1.54, 1.807) is 11.3 Å². The molecule has 0 bridgehead atoms. The summed E-state index contributed by atoms with van der Waals surface area (Å²) in [6, 6.07) is -0.161. The van der Waals surface area contributed by atoms with Gasteiger partial charge in [0.25, 0.3) is 0 Å². The van der Waals surface area contributed by atoms with E-state index >= 15 is 0 Å². The molecular formula is C15H26Cl2N4O2S. The molecule has 1 aromatic rings. The minimum Gasteiger partial charge on any atom is -0.378 e. The maximum Gasteiger partial charge on any atom is 0.242 e. The summed E-state index contributed by atoms with van der Waals surface area (Å²) in [7, 11) is 0. The van der Waals surface area contributed by atoms with E-state index in [2.05, 4.69) is 27.5 Å². The molecule has 24 heavy (non-hydrogen) atoms. The first kappa shape index (κ1) is 21.6. The van der Waals surface area contributed by atoms with Crippen LogP contribution >= 0.6 is 36.2 Å². The van der Waals surface area contributed by atoms with Crippen molar-refractivity contribution in [3.63, 3.8) is 0 Å². The van der Waals surface area contributed by atoms with Crippen LogP contribution < -0.4 is 5.32 Å². The molecule has 1 unspecified atom stereocenters. The summed E-state index contributed by atoms with van der Waals surface area (Å²) >= 11 is 1.74. The minimum absolute atomic E-state index is 0. The molecule has 1 N–H and O–H groups in total. The molecule has 1 amide bonds. The third-order valence-corrected chi connectivity index (χ3v) is 5.23. The second-order valence-corrected chi connectivity index (χ2v) is 6.71. The van der Waals surface area contributed by atoms with Gasteiger partial charge < -0.3 is 15.0 Å². The van der Waals surface area contributed by atoms with Crippen LogP contribution in [0.3, 0.4) is 0 Å². The number of aromatic nitrogens is 1. The Kier molecular flexibility index (Phi) is 9.48. The molecule has 2 fully saturated rings. The van der Waals surface area contributed by atoms with Crippen LogP contribution in [0.5, 0.6) is 0 Å². The second kappa shape index (κ2) is 10.5. The normalized spacial score (nSPS) is 21.7. The van der Waals surface area contributed by atoms with Crippen molar-refractivity contribution >= 4 is 42.1 Å². The zero-order chi connectivity index (χ0) is 15.4. The summed E-state index contributed by atoms with van der Waals surface area (Å²) in [5.41, 5.74) is 1.16. The number of halogens is 2. The molecule has 6 nitrogen and oxygen atoms in total. The molecule has 0 radical (unpaired) electrons. The highest BCUT2D eigenvalue weighted by molar-refractivity contribution is 7.09. The lowest BCUT2D eigenvalue weighted by molar-refractivity contribution is -0.138. The number of hydrogen-bond donors (Lipinski definition) is 1. The highest BCUT2D eigenvalue weighted by Gasteiger charge is 2.28. The van der Waals surface area contributed by atoms with Crippen molar-refractivity contribution in [3.05, 3.63) is 16.1 Å². The molecule has 3 rings (SSSR count). The van der Waals surface area contributed by atoms with Gasteiger partial charge in [0.05, 0.1) is 23.9 Å². The number of piperazine rings is 1. The Morgan fingerprint density at radius 1 is 1.38 bits per heavy atom. The molecule has 0 spiro atoms. The lowest BCUT2D eigenvalue weighted by Gasteiger charge is -2.37. The van der Waals surface area contributed by atoms with Crippen molar-refractivity contribution in [1.29, 1.82) is 0 Å². The van der Waals surface area contributed by atoms with Crippen LogP contribution in [0.4, 0.5) is 0 Å². The number of aryl methyl sites for hydroxylation is 1. The molecule has 3 heterocycles. The molecule has 0 aliphatic carbocycles. The highest BCUT2D eigenvalue weighted by Crippen LogP contribution is 2.14. The summed E-state index contributed by atoms with van der Waals surface area (Å²) in [5, 5.41) is 6.59. The SMILES string of the molecule is CCc1nc(CN2CCN(C(=O)C3COCCN3)CC2)cs1.Cl.Cl. The summed E-state index contributed by atoms with van der Waals surface area (Å²) in [6.45, 7) is 8.40. The number of rotatable bonds is 4. The molecule has 9 heteroatoms. The molecule has 2 saturated heterocycles. The number of amides is 1. The van der Waals surface area contributed by atoms with Gasteiger partial charge in [-0.05, 0) is 6.42 Å². The number of nitrogens with one attached hydrogen (secondary N) is 1. The van der Waals surface area contributed by atoms with Gasteiger partial charge in [0.1, 0.15) is 6.04 Å². The van der Waals surface area contributed by atoms with Gasteiger partial charge in [0.15, 0.2) is 0 Å². The third kappa shape index (κ3) is 5.54. The van der Waals surface area contributed by atoms with Gasteiger partial charge in [0.2, 0.25) is 5.91 Å². The predicted molar refractivity (Wildman–Crippen MR) is 100 cm³/mol. The van der Waals surface area contributed by atoms with Crippen LogP contribution in [-0.2, 0) is 22.5 Å². The van der Waals surface area contributed by atoms with E-state index in [1.165, 1.54) is 5.01 Å². The number of hydrogen-bond acceptors (Lipinski definition) is 6. The number of morpholine rings is 1. The van der Waals surface area contributed by atoms with E-state index in [0.29, 0.717) is 13.2 Å². The van der Waals surface area contributed by atoms with Crippen LogP contribution in [0.1, 0.15) is 17.6 Å². The molecule has 0 aromatic carbocycles. The Balaban J connectivity index is 0.00000144. The van der Waals surface area contributed by atoms with Crippen molar-refractivity contribution in [2.24, 2.45) is 0 Å².